The van der Waals surface area contributed by atoms with E-state index in [1.54, 1.807) is 42.6 Å². The molecule has 11 rings (SSSR count). The second-order valence-electron chi connectivity index (χ2n) is 17.9. The fourth-order valence-electron chi connectivity index (χ4n) is 9.00. The van der Waals surface area contributed by atoms with Crippen molar-refractivity contribution < 1.29 is 47.4 Å². The van der Waals surface area contributed by atoms with Gasteiger partial charge in [0, 0.05) is 66.9 Å². The lowest BCUT2D eigenvalue weighted by molar-refractivity contribution is -0.145. The average Bonchev–Trinajstić information content (AvgIpc) is 3.78. The number of carbonyl (C=O) groups is 1. The summed E-state index contributed by atoms with van der Waals surface area (Å²) in [5, 5.41) is 11.9. The number of carboxylic acid groups (broad SMARTS) is 1. The molecule has 7 heterocycles. The zero-order chi connectivity index (χ0) is 49.9. The molecule has 0 amide bonds. The summed E-state index contributed by atoms with van der Waals surface area (Å²) in [7, 11) is 2.10. The first-order chi connectivity index (χ1) is 34.9. The van der Waals surface area contributed by atoms with Crippen molar-refractivity contribution in [2.45, 2.75) is 45.2 Å². The van der Waals surface area contributed by atoms with Crippen molar-refractivity contribution in [1.29, 1.82) is 0 Å². The normalized spacial score (nSPS) is 18.7. The number of ether oxygens (including phenoxy) is 7. The van der Waals surface area contributed by atoms with Gasteiger partial charge in [0.05, 0.1) is 40.9 Å². The molecule has 4 aromatic carbocycles. The van der Waals surface area contributed by atoms with Gasteiger partial charge in [0.15, 0.2) is 11.6 Å². The molecule has 15 nitrogen and oxygen atoms in total. The Morgan fingerprint density at radius 2 is 1.62 bits per heavy atom. The lowest BCUT2D eigenvalue weighted by Crippen LogP contribution is -2.49. The number of thiophene rings is 1. The number of fused-ring (bicyclic) bond motifs is 7. The lowest BCUT2D eigenvalue weighted by Gasteiger charge is -2.35. The number of carboxylic acids is 1. The number of nitrogens with zero attached hydrogens (tertiary/aromatic N) is 6. The van der Waals surface area contributed by atoms with Gasteiger partial charge in [-0.3, -0.25) is 4.90 Å². The van der Waals surface area contributed by atoms with Gasteiger partial charge in [0.25, 0.3) is 0 Å². The van der Waals surface area contributed by atoms with Crippen LogP contribution in [0.3, 0.4) is 0 Å². The minimum absolute atomic E-state index is 0.0192. The zero-order valence-electron chi connectivity index (χ0n) is 39.7. The molecular weight excluding hydrogens is 987 g/mol. The van der Waals surface area contributed by atoms with E-state index in [9.17, 15) is 14.3 Å². The molecule has 0 aliphatic carbocycles. The van der Waals surface area contributed by atoms with Crippen molar-refractivity contribution in [3.63, 3.8) is 0 Å². The Morgan fingerprint density at radius 1 is 0.861 bits per heavy atom. The Kier molecular flexibility index (Phi) is 15.0. The molecular formula is C53H51Cl2FN6O9S. The first-order valence-electron chi connectivity index (χ1n) is 23.6. The molecule has 72 heavy (non-hydrogen) atoms. The highest BCUT2D eigenvalue weighted by atomic mass is 35.5. The van der Waals surface area contributed by atoms with Crippen LogP contribution in [0.2, 0.25) is 10.0 Å². The molecule has 0 spiro atoms. The van der Waals surface area contributed by atoms with Gasteiger partial charge in [0.2, 0.25) is 12.0 Å². The van der Waals surface area contributed by atoms with E-state index in [-0.39, 0.29) is 31.6 Å². The van der Waals surface area contributed by atoms with E-state index in [1.807, 2.05) is 38.1 Å². The first-order valence-corrected chi connectivity index (χ1v) is 25.1. The third kappa shape index (κ3) is 10.9. The van der Waals surface area contributed by atoms with Crippen LogP contribution < -0.4 is 23.7 Å². The monoisotopic (exact) mass is 1040 g/mol. The summed E-state index contributed by atoms with van der Waals surface area (Å²) in [6, 6.07) is 20.6. The maximum absolute atomic E-state index is 14.4. The van der Waals surface area contributed by atoms with Crippen LogP contribution >= 0.6 is 34.5 Å². The van der Waals surface area contributed by atoms with E-state index in [4.69, 9.17) is 61.3 Å². The summed E-state index contributed by atoms with van der Waals surface area (Å²) in [5.74, 6) is 0.686. The molecule has 2 saturated heterocycles. The number of aromatic nitrogens is 4. The standard InChI is InChI=1S/C53H51Cl2FN6O9S/c1-30-43-31(2)47(55)48(46(30)54)70-39(24-62-18-16-61(3)17-19-62)27-68-38-12-13-41(69-25-36-14-15-57-50(60-36)33-6-10-37(11-7-33)67-28-40-26-65-20-21-66-40)34(22-38)23-42(53(63)64)71-51-45-44(43)49(72-52(45)59-29-58-51)32-4-8-35(56)9-5-32/h4-15,22,29,39-40,42H,16-21,23-28H2,1-3H3,(H,63,64). The summed E-state index contributed by atoms with van der Waals surface area (Å²) in [6.45, 7) is 9.83. The number of aliphatic carboxylic acids is 1. The van der Waals surface area contributed by atoms with Gasteiger partial charge in [-0.25, -0.2) is 29.1 Å². The molecule has 3 aromatic heterocycles. The largest absolute Gasteiger partial charge is 0.491 e. The smallest absolute Gasteiger partial charge is 0.345 e. The van der Waals surface area contributed by atoms with Crippen LogP contribution in [0.1, 0.15) is 22.4 Å². The van der Waals surface area contributed by atoms with Gasteiger partial charge in [-0.1, -0.05) is 35.3 Å². The predicted octanol–water partition coefficient (Wildman–Crippen LogP) is 9.38. The van der Waals surface area contributed by atoms with Gasteiger partial charge < -0.3 is 43.2 Å². The summed E-state index contributed by atoms with van der Waals surface area (Å²) in [5.41, 5.74) is 5.09. The third-order valence-electron chi connectivity index (χ3n) is 12.9. The number of hydrogen-bond donors (Lipinski definition) is 1. The molecule has 7 aromatic rings. The van der Waals surface area contributed by atoms with Gasteiger partial charge in [-0.15, -0.1) is 11.3 Å². The minimum Gasteiger partial charge on any atom is -0.491 e. The van der Waals surface area contributed by atoms with Crippen LogP contribution in [0.15, 0.2) is 85.3 Å². The van der Waals surface area contributed by atoms with Gasteiger partial charge in [0.1, 0.15) is 66.3 Å². The van der Waals surface area contributed by atoms with E-state index < -0.39 is 24.0 Å². The first kappa shape index (κ1) is 49.4. The average molecular weight is 1040 g/mol. The Morgan fingerprint density at radius 3 is 2.36 bits per heavy atom. The second kappa shape index (κ2) is 21.9. The summed E-state index contributed by atoms with van der Waals surface area (Å²) in [6.07, 6.45) is 0.683. The predicted molar refractivity (Wildman–Crippen MR) is 272 cm³/mol. The van der Waals surface area contributed by atoms with Crippen LogP contribution in [-0.2, 0) is 27.3 Å². The van der Waals surface area contributed by atoms with Crippen LogP contribution in [0, 0.1) is 19.7 Å². The molecule has 2 fully saturated rings. The summed E-state index contributed by atoms with van der Waals surface area (Å²) < 4.78 is 57.9. The molecule has 374 valence electrons. The van der Waals surface area contributed by atoms with Crippen LogP contribution in [0.25, 0.3) is 43.2 Å². The van der Waals surface area contributed by atoms with E-state index in [0.717, 1.165) is 31.7 Å². The van der Waals surface area contributed by atoms with Gasteiger partial charge in [-0.2, -0.15) is 0 Å². The SMILES string of the molecule is Cc1c(Cl)c2c(Cl)c(C)c1-c1c(-c3ccc(F)cc3)sc3ncnc(c13)OC(C(=O)O)Cc1cc(ccc1OCc1ccnc(-c3ccc(OCC4COCCO4)cc3)n1)OCC(CN1CCN(C)CC1)O2. The van der Waals surface area contributed by atoms with E-state index in [0.29, 0.717) is 126 Å². The molecule has 4 aliphatic heterocycles. The number of likely N-dealkylation sites (N-methyl/N-ethyl adjacent to an activating group) is 1. The molecule has 1 N–H and O–H groups in total. The number of halogens is 3. The third-order valence-corrected chi connectivity index (χ3v) is 14.9. The van der Waals surface area contributed by atoms with Crippen molar-refractivity contribution in [2.24, 2.45) is 0 Å². The molecule has 19 heteroatoms. The van der Waals surface area contributed by atoms with Crippen molar-refractivity contribution in [3.8, 4) is 61.8 Å². The fraction of sp³-hybridized carbons (Fsp3) is 0.340. The Balaban J connectivity index is 1.01. The number of hydrogen-bond acceptors (Lipinski definition) is 15. The summed E-state index contributed by atoms with van der Waals surface area (Å²) >= 11 is 16.0. The highest BCUT2D eigenvalue weighted by Gasteiger charge is 2.32. The van der Waals surface area contributed by atoms with Crippen molar-refractivity contribution in [3.05, 3.63) is 124 Å². The number of benzene rings is 4. The van der Waals surface area contributed by atoms with E-state index >= 15 is 0 Å². The number of piperazine rings is 1. The van der Waals surface area contributed by atoms with E-state index in [2.05, 4.69) is 31.8 Å². The molecule has 3 unspecified atom stereocenters. The van der Waals surface area contributed by atoms with Crippen LogP contribution in [0.4, 0.5) is 4.39 Å². The Labute approximate surface area is 429 Å². The minimum atomic E-state index is -1.48. The molecule has 4 bridgehead atoms. The topological polar surface area (TPSA) is 160 Å². The maximum Gasteiger partial charge on any atom is 0.345 e. The fourth-order valence-corrected chi connectivity index (χ4v) is 10.7. The lowest BCUT2D eigenvalue weighted by atomic mass is 9.92. The van der Waals surface area contributed by atoms with Crippen molar-refractivity contribution >= 4 is 50.7 Å². The van der Waals surface area contributed by atoms with E-state index in [1.165, 1.54) is 29.8 Å². The van der Waals surface area contributed by atoms with Crippen molar-refractivity contribution in [1.82, 2.24) is 29.7 Å². The van der Waals surface area contributed by atoms with Crippen LogP contribution in [-0.4, -0.2) is 132 Å². The Bertz CT molecular complexity index is 3050. The maximum atomic E-state index is 14.4. The van der Waals surface area contributed by atoms with Gasteiger partial charge in [-0.05, 0) is 104 Å². The highest BCUT2D eigenvalue weighted by molar-refractivity contribution is 7.22. The molecule has 0 saturated carbocycles. The highest BCUT2D eigenvalue weighted by Crippen LogP contribution is 2.53. The second-order valence-corrected chi connectivity index (χ2v) is 19.6. The van der Waals surface area contributed by atoms with Crippen molar-refractivity contribution in [2.75, 3.05) is 72.8 Å². The van der Waals surface area contributed by atoms with Crippen LogP contribution in [0.5, 0.6) is 28.9 Å². The quantitative estimate of drug-likeness (QED) is 0.130. The molecule has 3 atom stereocenters. The zero-order valence-corrected chi connectivity index (χ0v) is 42.1. The Hall–Kier alpha value is -6.18. The summed E-state index contributed by atoms with van der Waals surface area (Å²) in [4.78, 5) is 37.7. The molecule has 0 radical (unpaired) electrons. The number of rotatable bonds is 11. The van der Waals surface area contributed by atoms with Gasteiger partial charge >= 0.3 is 5.97 Å². The molecule has 4 aliphatic rings.